The van der Waals surface area contributed by atoms with Crippen molar-refractivity contribution in [1.29, 1.82) is 0 Å². The Morgan fingerprint density at radius 1 is 1.29 bits per heavy atom. The van der Waals surface area contributed by atoms with Crippen LogP contribution < -0.4 is 0 Å². The number of halogens is 1. The van der Waals surface area contributed by atoms with Crippen LogP contribution in [-0.2, 0) is 14.9 Å². The standard InChI is InChI=1S/C18H24FNO4/c19-15-3-1-14(2-4-15)18(6-9-24-10-7-18)17(23)20-8-5-13(12-21)16(22)11-20/h1-4,13,16,21-22H,5-12H2/t13-,16+/m0/s1. The van der Waals surface area contributed by atoms with Crippen LogP contribution >= 0.6 is 0 Å². The molecule has 2 fully saturated rings. The minimum absolute atomic E-state index is 0.0344. The van der Waals surface area contributed by atoms with E-state index in [1.54, 1.807) is 17.0 Å². The summed E-state index contributed by atoms with van der Waals surface area (Å²) in [6.45, 7) is 1.65. The lowest BCUT2D eigenvalue weighted by atomic mass is 9.72. The summed E-state index contributed by atoms with van der Waals surface area (Å²) in [6, 6.07) is 6.12. The van der Waals surface area contributed by atoms with Crippen LogP contribution in [-0.4, -0.2) is 60.0 Å². The molecule has 2 aliphatic rings. The van der Waals surface area contributed by atoms with Crippen LogP contribution in [0.2, 0.25) is 0 Å². The van der Waals surface area contributed by atoms with E-state index in [0.29, 0.717) is 39.0 Å². The molecule has 132 valence electrons. The summed E-state index contributed by atoms with van der Waals surface area (Å²) in [5, 5.41) is 19.4. The van der Waals surface area contributed by atoms with E-state index in [2.05, 4.69) is 0 Å². The summed E-state index contributed by atoms with van der Waals surface area (Å²) in [5.74, 6) is -0.536. The highest BCUT2D eigenvalue weighted by Crippen LogP contribution is 2.38. The number of hydrogen-bond donors (Lipinski definition) is 2. The van der Waals surface area contributed by atoms with Crippen LogP contribution in [0.15, 0.2) is 24.3 Å². The van der Waals surface area contributed by atoms with Gasteiger partial charge >= 0.3 is 0 Å². The lowest BCUT2D eigenvalue weighted by molar-refractivity contribution is -0.146. The second-order valence-electron chi connectivity index (χ2n) is 6.75. The van der Waals surface area contributed by atoms with Crippen molar-refractivity contribution in [2.75, 3.05) is 32.9 Å². The predicted molar refractivity (Wildman–Crippen MR) is 85.9 cm³/mol. The molecule has 0 saturated carbocycles. The van der Waals surface area contributed by atoms with E-state index in [-0.39, 0.29) is 30.8 Å². The molecule has 2 aliphatic heterocycles. The zero-order chi connectivity index (χ0) is 17.2. The maximum atomic E-state index is 13.3. The number of benzene rings is 1. The second kappa shape index (κ2) is 7.17. The van der Waals surface area contributed by atoms with Crippen molar-refractivity contribution < 1.29 is 24.1 Å². The number of carbonyl (C=O) groups is 1. The third kappa shape index (κ3) is 3.18. The molecule has 1 aromatic carbocycles. The summed E-state index contributed by atoms with van der Waals surface area (Å²) in [7, 11) is 0. The largest absolute Gasteiger partial charge is 0.396 e. The molecule has 6 heteroatoms. The smallest absolute Gasteiger partial charge is 0.233 e. The Hall–Kier alpha value is -1.50. The molecule has 2 saturated heterocycles. The quantitative estimate of drug-likeness (QED) is 0.866. The van der Waals surface area contributed by atoms with Gasteiger partial charge in [0.15, 0.2) is 0 Å². The van der Waals surface area contributed by atoms with E-state index in [1.807, 2.05) is 0 Å². The normalized spacial score (nSPS) is 27.0. The average Bonchev–Trinajstić information content (AvgIpc) is 2.62. The van der Waals surface area contributed by atoms with Crippen molar-refractivity contribution in [3.05, 3.63) is 35.6 Å². The number of amides is 1. The van der Waals surface area contributed by atoms with Gasteiger partial charge < -0.3 is 19.8 Å². The Kier molecular flexibility index (Phi) is 5.18. The molecule has 24 heavy (non-hydrogen) atoms. The van der Waals surface area contributed by atoms with E-state index in [1.165, 1.54) is 12.1 Å². The van der Waals surface area contributed by atoms with Crippen LogP contribution in [0.3, 0.4) is 0 Å². The highest BCUT2D eigenvalue weighted by molar-refractivity contribution is 5.88. The molecule has 1 amide bonds. The molecule has 0 unspecified atom stereocenters. The van der Waals surface area contributed by atoms with E-state index in [9.17, 15) is 19.4 Å². The maximum Gasteiger partial charge on any atom is 0.233 e. The molecular formula is C18H24FNO4. The summed E-state index contributed by atoms with van der Waals surface area (Å²) < 4.78 is 18.7. The summed E-state index contributed by atoms with van der Waals surface area (Å²) in [6.07, 6.45) is 0.971. The fourth-order valence-corrected chi connectivity index (χ4v) is 3.80. The second-order valence-corrected chi connectivity index (χ2v) is 6.75. The van der Waals surface area contributed by atoms with Gasteiger partial charge in [0.05, 0.1) is 11.5 Å². The minimum atomic E-state index is -0.724. The molecule has 0 bridgehead atoms. The van der Waals surface area contributed by atoms with Crippen molar-refractivity contribution in [1.82, 2.24) is 4.90 Å². The van der Waals surface area contributed by atoms with Gasteiger partial charge in [-0.25, -0.2) is 4.39 Å². The number of carbonyl (C=O) groups excluding carboxylic acids is 1. The van der Waals surface area contributed by atoms with Gasteiger partial charge in [-0.1, -0.05) is 12.1 Å². The summed E-state index contributed by atoms with van der Waals surface area (Å²) >= 11 is 0. The van der Waals surface area contributed by atoms with Crippen molar-refractivity contribution >= 4 is 5.91 Å². The number of rotatable bonds is 3. The number of aliphatic hydroxyl groups is 2. The predicted octanol–water partition coefficient (Wildman–Crippen LogP) is 1.08. The fraction of sp³-hybridized carbons (Fsp3) is 0.611. The van der Waals surface area contributed by atoms with Crippen LogP contribution in [0.1, 0.15) is 24.8 Å². The van der Waals surface area contributed by atoms with Gasteiger partial charge in [-0.05, 0) is 37.0 Å². The lowest BCUT2D eigenvalue weighted by Gasteiger charge is -2.43. The van der Waals surface area contributed by atoms with Crippen LogP contribution in [0.25, 0.3) is 0 Å². The Balaban J connectivity index is 1.86. The number of likely N-dealkylation sites (tertiary alicyclic amines) is 1. The first-order chi connectivity index (χ1) is 11.6. The van der Waals surface area contributed by atoms with Crippen molar-refractivity contribution in [3.63, 3.8) is 0 Å². The van der Waals surface area contributed by atoms with Gasteiger partial charge in [0.2, 0.25) is 5.91 Å². The molecule has 0 aromatic heterocycles. The number of hydrogen-bond acceptors (Lipinski definition) is 4. The highest BCUT2D eigenvalue weighted by atomic mass is 19.1. The topological polar surface area (TPSA) is 70.0 Å². The molecule has 5 nitrogen and oxygen atoms in total. The van der Waals surface area contributed by atoms with E-state index in [4.69, 9.17) is 4.74 Å². The Labute approximate surface area is 141 Å². The zero-order valence-corrected chi connectivity index (χ0v) is 13.7. The van der Waals surface area contributed by atoms with Gasteiger partial charge in [-0.3, -0.25) is 4.79 Å². The first-order valence-corrected chi connectivity index (χ1v) is 8.49. The molecular weight excluding hydrogens is 313 g/mol. The molecule has 0 spiro atoms. The Morgan fingerprint density at radius 3 is 2.54 bits per heavy atom. The van der Waals surface area contributed by atoms with Crippen molar-refractivity contribution in [2.24, 2.45) is 5.92 Å². The van der Waals surface area contributed by atoms with Crippen LogP contribution in [0.4, 0.5) is 4.39 Å². The molecule has 3 rings (SSSR count). The van der Waals surface area contributed by atoms with Crippen LogP contribution in [0.5, 0.6) is 0 Å². The average molecular weight is 337 g/mol. The zero-order valence-electron chi connectivity index (χ0n) is 13.7. The Morgan fingerprint density at radius 2 is 1.96 bits per heavy atom. The third-order valence-corrected chi connectivity index (χ3v) is 5.40. The SMILES string of the molecule is O=C(N1CC[C@@H](CO)[C@H](O)C1)C1(c2ccc(F)cc2)CCOCC1. The van der Waals surface area contributed by atoms with Gasteiger partial charge in [0.25, 0.3) is 0 Å². The fourth-order valence-electron chi connectivity index (χ4n) is 3.80. The van der Waals surface area contributed by atoms with Gasteiger partial charge in [0, 0.05) is 38.8 Å². The van der Waals surface area contributed by atoms with Gasteiger partial charge in [-0.2, -0.15) is 0 Å². The number of nitrogens with zero attached hydrogens (tertiary/aromatic N) is 1. The third-order valence-electron chi connectivity index (χ3n) is 5.40. The number of ether oxygens (including phenoxy) is 1. The van der Waals surface area contributed by atoms with Gasteiger partial charge in [-0.15, -0.1) is 0 Å². The Bertz CT molecular complexity index is 571. The van der Waals surface area contributed by atoms with E-state index in [0.717, 1.165) is 5.56 Å². The first kappa shape index (κ1) is 17.3. The van der Waals surface area contributed by atoms with E-state index >= 15 is 0 Å². The summed E-state index contributed by atoms with van der Waals surface area (Å²) in [4.78, 5) is 15.0. The van der Waals surface area contributed by atoms with Gasteiger partial charge in [0.1, 0.15) is 5.82 Å². The van der Waals surface area contributed by atoms with Crippen molar-refractivity contribution in [2.45, 2.75) is 30.8 Å². The maximum absolute atomic E-state index is 13.3. The first-order valence-electron chi connectivity index (χ1n) is 8.49. The minimum Gasteiger partial charge on any atom is -0.396 e. The number of β-amino-alcohol motifs (C(OH)–C–C–N with tert-alkyl or cyclic N) is 1. The van der Waals surface area contributed by atoms with Crippen LogP contribution in [0, 0.1) is 11.7 Å². The van der Waals surface area contributed by atoms with E-state index < -0.39 is 11.5 Å². The molecule has 2 atom stereocenters. The molecule has 1 aromatic rings. The molecule has 2 N–H and O–H groups in total. The summed E-state index contributed by atoms with van der Waals surface area (Å²) in [5.41, 5.74) is 0.0773. The monoisotopic (exact) mass is 337 g/mol. The molecule has 0 radical (unpaired) electrons. The molecule has 0 aliphatic carbocycles. The van der Waals surface area contributed by atoms with Crippen molar-refractivity contribution in [3.8, 4) is 0 Å². The highest BCUT2D eigenvalue weighted by Gasteiger charge is 2.45. The lowest BCUT2D eigenvalue weighted by Crippen LogP contribution is -2.55. The number of aliphatic hydroxyl groups excluding tert-OH is 2. The molecule has 2 heterocycles. The number of piperidine rings is 1.